The van der Waals surface area contributed by atoms with Crippen molar-refractivity contribution < 1.29 is 0 Å². The molecule has 0 aromatic carbocycles. The van der Waals surface area contributed by atoms with Crippen molar-refractivity contribution in [2.24, 2.45) is 5.73 Å². The van der Waals surface area contributed by atoms with E-state index < -0.39 is 0 Å². The standard InChI is InChI=1S/C14H27N/c1-2-3-4-5-6-7-8-13-9-11-14(15)12-10-13/h9,14H,2-8,10-12,15H2,1H3. The van der Waals surface area contributed by atoms with Gasteiger partial charge in [-0.25, -0.2) is 0 Å². The van der Waals surface area contributed by atoms with Gasteiger partial charge in [-0.1, -0.05) is 50.7 Å². The lowest BCUT2D eigenvalue weighted by Crippen LogP contribution is -2.21. The summed E-state index contributed by atoms with van der Waals surface area (Å²) in [4.78, 5) is 0. The molecule has 1 heteroatoms. The molecule has 0 saturated heterocycles. The lowest BCUT2D eigenvalue weighted by molar-refractivity contribution is 0.557. The minimum Gasteiger partial charge on any atom is -0.327 e. The zero-order valence-corrected chi connectivity index (χ0v) is 10.3. The number of hydrogen-bond acceptors (Lipinski definition) is 1. The van der Waals surface area contributed by atoms with Crippen molar-refractivity contribution in [2.75, 3.05) is 0 Å². The SMILES string of the molecule is CCCCCCCCC1=CCC(N)CC1. The van der Waals surface area contributed by atoms with E-state index in [1.165, 1.54) is 57.8 Å². The smallest absolute Gasteiger partial charge is 0.00765 e. The van der Waals surface area contributed by atoms with Crippen molar-refractivity contribution in [1.82, 2.24) is 0 Å². The van der Waals surface area contributed by atoms with Gasteiger partial charge in [0, 0.05) is 6.04 Å². The molecule has 0 aliphatic heterocycles. The fourth-order valence-corrected chi connectivity index (χ4v) is 2.27. The summed E-state index contributed by atoms with van der Waals surface area (Å²) in [7, 11) is 0. The molecule has 88 valence electrons. The molecule has 1 aliphatic carbocycles. The summed E-state index contributed by atoms with van der Waals surface area (Å²) in [5.74, 6) is 0. The van der Waals surface area contributed by atoms with Gasteiger partial charge in [0.2, 0.25) is 0 Å². The first-order valence-electron chi connectivity index (χ1n) is 6.76. The van der Waals surface area contributed by atoms with E-state index in [2.05, 4.69) is 13.0 Å². The molecular weight excluding hydrogens is 182 g/mol. The molecule has 1 atom stereocenters. The van der Waals surface area contributed by atoms with Gasteiger partial charge in [0.05, 0.1) is 0 Å². The molecule has 1 unspecified atom stereocenters. The summed E-state index contributed by atoms with van der Waals surface area (Å²) >= 11 is 0. The molecular formula is C14H27N. The van der Waals surface area contributed by atoms with E-state index >= 15 is 0 Å². The molecule has 0 aromatic heterocycles. The van der Waals surface area contributed by atoms with E-state index in [1.54, 1.807) is 5.57 Å². The first-order chi connectivity index (χ1) is 7.33. The van der Waals surface area contributed by atoms with Crippen molar-refractivity contribution in [2.45, 2.75) is 77.2 Å². The molecule has 2 N–H and O–H groups in total. The molecule has 0 radical (unpaired) electrons. The summed E-state index contributed by atoms with van der Waals surface area (Å²) in [6, 6.07) is 0.443. The third kappa shape index (κ3) is 5.99. The van der Waals surface area contributed by atoms with Crippen LogP contribution >= 0.6 is 0 Å². The molecule has 1 nitrogen and oxygen atoms in total. The number of nitrogens with two attached hydrogens (primary N) is 1. The largest absolute Gasteiger partial charge is 0.327 e. The second-order valence-corrected chi connectivity index (χ2v) is 4.91. The Morgan fingerprint density at radius 3 is 2.60 bits per heavy atom. The Balaban J connectivity index is 1.96. The molecule has 15 heavy (non-hydrogen) atoms. The lowest BCUT2D eigenvalue weighted by atomic mass is 9.92. The van der Waals surface area contributed by atoms with E-state index in [0.717, 1.165) is 6.42 Å². The first kappa shape index (κ1) is 12.8. The van der Waals surface area contributed by atoms with Crippen LogP contribution in [0.3, 0.4) is 0 Å². The second kappa shape index (κ2) is 7.92. The molecule has 1 rings (SSSR count). The summed E-state index contributed by atoms with van der Waals surface area (Å²) in [5.41, 5.74) is 7.54. The Hall–Kier alpha value is -0.300. The quantitative estimate of drug-likeness (QED) is 0.494. The summed E-state index contributed by atoms with van der Waals surface area (Å²) in [5, 5.41) is 0. The van der Waals surface area contributed by atoms with Crippen molar-refractivity contribution in [1.29, 1.82) is 0 Å². The van der Waals surface area contributed by atoms with E-state index in [-0.39, 0.29) is 0 Å². The predicted octanol–water partition coefficient (Wildman–Crippen LogP) is 4.17. The van der Waals surface area contributed by atoms with Crippen molar-refractivity contribution >= 4 is 0 Å². The van der Waals surface area contributed by atoms with Crippen LogP contribution in [0.15, 0.2) is 11.6 Å². The van der Waals surface area contributed by atoms with E-state index in [4.69, 9.17) is 5.73 Å². The third-order valence-electron chi connectivity index (χ3n) is 3.40. The Bertz CT molecular complexity index is 184. The van der Waals surface area contributed by atoms with Crippen LogP contribution in [0.25, 0.3) is 0 Å². The minimum absolute atomic E-state index is 0.443. The van der Waals surface area contributed by atoms with E-state index in [1.807, 2.05) is 0 Å². The molecule has 0 heterocycles. The number of rotatable bonds is 7. The highest BCUT2D eigenvalue weighted by atomic mass is 14.6. The van der Waals surface area contributed by atoms with Gasteiger partial charge in [-0.15, -0.1) is 0 Å². The van der Waals surface area contributed by atoms with Gasteiger partial charge in [0.1, 0.15) is 0 Å². The van der Waals surface area contributed by atoms with Gasteiger partial charge in [-0.05, 0) is 32.1 Å². The molecule has 0 spiro atoms. The second-order valence-electron chi connectivity index (χ2n) is 4.91. The fourth-order valence-electron chi connectivity index (χ4n) is 2.27. The van der Waals surface area contributed by atoms with Crippen molar-refractivity contribution in [3.63, 3.8) is 0 Å². The average molecular weight is 209 g/mol. The maximum atomic E-state index is 5.86. The van der Waals surface area contributed by atoms with Gasteiger partial charge < -0.3 is 5.73 Å². The van der Waals surface area contributed by atoms with Crippen LogP contribution in [-0.2, 0) is 0 Å². The van der Waals surface area contributed by atoms with Crippen LogP contribution in [-0.4, -0.2) is 6.04 Å². The van der Waals surface area contributed by atoms with Gasteiger partial charge in [0.15, 0.2) is 0 Å². The van der Waals surface area contributed by atoms with Gasteiger partial charge in [-0.3, -0.25) is 0 Å². The van der Waals surface area contributed by atoms with Gasteiger partial charge in [-0.2, -0.15) is 0 Å². The molecule has 1 aliphatic rings. The van der Waals surface area contributed by atoms with Gasteiger partial charge >= 0.3 is 0 Å². The maximum Gasteiger partial charge on any atom is 0.00765 e. The first-order valence-corrected chi connectivity index (χ1v) is 6.76. The summed E-state index contributed by atoms with van der Waals surface area (Å²) in [6.45, 7) is 2.27. The Labute approximate surface area is 95.1 Å². The van der Waals surface area contributed by atoms with Crippen molar-refractivity contribution in [3.8, 4) is 0 Å². The predicted molar refractivity (Wildman–Crippen MR) is 67.9 cm³/mol. The zero-order chi connectivity index (χ0) is 10.9. The molecule has 0 bridgehead atoms. The number of unbranched alkanes of at least 4 members (excludes halogenated alkanes) is 5. The molecule has 0 amide bonds. The van der Waals surface area contributed by atoms with Crippen LogP contribution < -0.4 is 5.73 Å². The van der Waals surface area contributed by atoms with E-state index in [9.17, 15) is 0 Å². The normalized spacial score (nSPS) is 21.5. The van der Waals surface area contributed by atoms with E-state index in [0.29, 0.717) is 6.04 Å². The highest BCUT2D eigenvalue weighted by molar-refractivity contribution is 5.07. The monoisotopic (exact) mass is 209 g/mol. The molecule has 0 fully saturated rings. The lowest BCUT2D eigenvalue weighted by Gasteiger charge is -2.18. The molecule has 0 aromatic rings. The Kier molecular flexibility index (Phi) is 6.74. The third-order valence-corrected chi connectivity index (χ3v) is 3.40. The van der Waals surface area contributed by atoms with Gasteiger partial charge in [0.25, 0.3) is 0 Å². The topological polar surface area (TPSA) is 26.0 Å². The minimum atomic E-state index is 0.443. The summed E-state index contributed by atoms with van der Waals surface area (Å²) < 4.78 is 0. The number of allylic oxidation sites excluding steroid dienone is 1. The van der Waals surface area contributed by atoms with Crippen LogP contribution in [0.5, 0.6) is 0 Å². The van der Waals surface area contributed by atoms with Crippen molar-refractivity contribution in [3.05, 3.63) is 11.6 Å². The molecule has 0 saturated carbocycles. The summed E-state index contributed by atoms with van der Waals surface area (Å²) in [6.07, 6.45) is 15.7. The fraction of sp³-hybridized carbons (Fsp3) is 0.857. The maximum absolute atomic E-state index is 5.86. The Morgan fingerprint density at radius 1 is 1.20 bits per heavy atom. The highest BCUT2D eigenvalue weighted by Gasteiger charge is 2.09. The van der Waals surface area contributed by atoms with Crippen LogP contribution in [0, 0.1) is 0 Å². The Morgan fingerprint density at radius 2 is 1.93 bits per heavy atom. The highest BCUT2D eigenvalue weighted by Crippen LogP contribution is 2.22. The van der Waals surface area contributed by atoms with Crippen LogP contribution in [0.4, 0.5) is 0 Å². The zero-order valence-electron chi connectivity index (χ0n) is 10.3. The van der Waals surface area contributed by atoms with Crippen LogP contribution in [0.2, 0.25) is 0 Å². The average Bonchev–Trinajstić information content (AvgIpc) is 2.26. The van der Waals surface area contributed by atoms with Crippen LogP contribution in [0.1, 0.15) is 71.1 Å². The number of hydrogen-bond donors (Lipinski definition) is 1.